The van der Waals surface area contributed by atoms with Gasteiger partial charge in [0.15, 0.2) is 29.0 Å². The molecule has 0 saturated heterocycles. The van der Waals surface area contributed by atoms with Crippen LogP contribution in [0.2, 0.25) is 0 Å². The van der Waals surface area contributed by atoms with Crippen molar-refractivity contribution >= 4 is 16.7 Å². The first kappa shape index (κ1) is 18.5. The highest BCUT2D eigenvalue weighted by molar-refractivity contribution is 5.83. The molecule has 148 valence electrons. The molecule has 0 aliphatic heterocycles. The van der Waals surface area contributed by atoms with E-state index in [1.807, 2.05) is 0 Å². The third-order valence-electron chi connectivity index (χ3n) is 4.15. The summed E-state index contributed by atoms with van der Waals surface area (Å²) in [6.07, 6.45) is 1.45. The van der Waals surface area contributed by atoms with E-state index in [9.17, 15) is 22.4 Å². The summed E-state index contributed by atoms with van der Waals surface area (Å²) >= 11 is 0. The number of nitrogens with one attached hydrogen (secondary N) is 1. The first-order valence-corrected chi connectivity index (χ1v) is 8.28. The number of aromatic amines is 1. The van der Waals surface area contributed by atoms with Gasteiger partial charge in [-0.2, -0.15) is 0 Å². The largest absolute Gasteiger partial charge is 0.449 e. The maximum absolute atomic E-state index is 14.3. The Morgan fingerprint density at radius 3 is 2.62 bits per heavy atom. The molecule has 2 aromatic heterocycles. The predicted molar refractivity (Wildman–Crippen MR) is 96.7 cm³/mol. The number of H-pyrrole nitrogens is 1. The third kappa shape index (κ3) is 3.40. The third-order valence-corrected chi connectivity index (χ3v) is 4.15. The molecule has 2 heterocycles. The summed E-state index contributed by atoms with van der Waals surface area (Å²) in [4.78, 5) is 18.8. The molecule has 0 amide bonds. The van der Waals surface area contributed by atoms with E-state index in [1.165, 1.54) is 16.8 Å². The molecule has 3 N–H and O–H groups in total. The van der Waals surface area contributed by atoms with Gasteiger partial charge in [0.2, 0.25) is 0 Å². The van der Waals surface area contributed by atoms with E-state index >= 15 is 0 Å². The number of imidazole rings is 1. The van der Waals surface area contributed by atoms with Gasteiger partial charge in [-0.25, -0.2) is 22.5 Å². The fourth-order valence-corrected chi connectivity index (χ4v) is 2.80. The smallest absolute Gasteiger partial charge is 0.274 e. The van der Waals surface area contributed by atoms with Crippen LogP contribution in [-0.4, -0.2) is 14.5 Å². The Balaban J connectivity index is 1.79. The zero-order valence-corrected chi connectivity index (χ0v) is 14.5. The Bertz CT molecular complexity index is 1300. The van der Waals surface area contributed by atoms with E-state index in [1.54, 1.807) is 6.07 Å². The standard InChI is InChI=1S/C19H12F4N4O2/c20-9-3-4-14(10(21)6-9)29-18-12(23)7-11(22)16-17(18)26-15(25-16)8-27-5-1-2-13(24)19(27)28/h1-7H,8,24H2,(H,25,26). The summed E-state index contributed by atoms with van der Waals surface area (Å²) in [5, 5.41) is 0. The number of halogens is 4. The number of nitrogen functional groups attached to an aromatic ring is 1. The van der Waals surface area contributed by atoms with Crippen molar-refractivity contribution in [2.75, 3.05) is 5.73 Å². The van der Waals surface area contributed by atoms with Crippen LogP contribution in [0.15, 0.2) is 47.4 Å². The van der Waals surface area contributed by atoms with Crippen LogP contribution >= 0.6 is 0 Å². The number of aromatic nitrogens is 3. The van der Waals surface area contributed by atoms with Crippen molar-refractivity contribution in [2.45, 2.75) is 6.54 Å². The number of ether oxygens (including phenoxy) is 1. The van der Waals surface area contributed by atoms with Crippen molar-refractivity contribution in [3.8, 4) is 11.5 Å². The molecular formula is C19H12F4N4O2. The normalized spacial score (nSPS) is 11.2. The van der Waals surface area contributed by atoms with E-state index in [2.05, 4.69) is 9.97 Å². The van der Waals surface area contributed by atoms with Gasteiger partial charge in [-0.3, -0.25) is 4.79 Å². The second-order valence-electron chi connectivity index (χ2n) is 6.15. The zero-order valence-electron chi connectivity index (χ0n) is 14.5. The highest BCUT2D eigenvalue weighted by atomic mass is 19.1. The Hall–Kier alpha value is -3.82. The average molecular weight is 404 g/mol. The number of anilines is 1. The molecule has 4 rings (SSSR count). The van der Waals surface area contributed by atoms with Gasteiger partial charge in [-0.15, -0.1) is 0 Å². The lowest BCUT2D eigenvalue weighted by Gasteiger charge is -2.08. The quantitative estimate of drug-likeness (QED) is 0.508. The van der Waals surface area contributed by atoms with Crippen LogP contribution < -0.4 is 16.0 Å². The molecule has 2 aromatic carbocycles. The fraction of sp³-hybridized carbons (Fsp3) is 0.0526. The van der Waals surface area contributed by atoms with Crippen molar-refractivity contribution in [2.24, 2.45) is 0 Å². The van der Waals surface area contributed by atoms with Crippen LogP contribution in [0, 0.1) is 23.3 Å². The monoisotopic (exact) mass is 404 g/mol. The minimum absolute atomic E-state index is 0.0108. The molecule has 0 bridgehead atoms. The first-order valence-electron chi connectivity index (χ1n) is 8.28. The van der Waals surface area contributed by atoms with Crippen LogP contribution in [0.1, 0.15) is 5.82 Å². The van der Waals surface area contributed by atoms with Crippen molar-refractivity contribution in [3.63, 3.8) is 0 Å². The van der Waals surface area contributed by atoms with Crippen LogP contribution in [0.25, 0.3) is 11.0 Å². The summed E-state index contributed by atoms with van der Waals surface area (Å²) in [7, 11) is 0. The van der Waals surface area contributed by atoms with E-state index in [0.29, 0.717) is 12.1 Å². The van der Waals surface area contributed by atoms with Crippen LogP contribution in [0.3, 0.4) is 0 Å². The molecule has 0 atom stereocenters. The van der Waals surface area contributed by atoms with Gasteiger partial charge in [0, 0.05) is 18.3 Å². The topological polar surface area (TPSA) is 85.9 Å². The maximum atomic E-state index is 14.3. The molecule has 0 spiro atoms. The molecule has 0 aliphatic rings. The summed E-state index contributed by atoms with van der Waals surface area (Å²) in [6, 6.07) is 5.99. The molecule has 0 saturated carbocycles. The van der Waals surface area contributed by atoms with Gasteiger partial charge >= 0.3 is 0 Å². The number of pyridine rings is 1. The minimum Gasteiger partial charge on any atom is -0.449 e. The molecule has 10 heteroatoms. The Kier molecular flexibility index (Phi) is 4.45. The number of nitrogens with two attached hydrogens (primary N) is 1. The van der Waals surface area contributed by atoms with Crippen molar-refractivity contribution in [3.05, 3.63) is 82.0 Å². The second kappa shape index (κ2) is 6.97. The zero-order chi connectivity index (χ0) is 20.7. The summed E-state index contributed by atoms with van der Waals surface area (Å²) in [5.74, 6) is -4.88. The number of hydrogen-bond donors (Lipinski definition) is 2. The number of benzene rings is 2. The molecule has 0 unspecified atom stereocenters. The minimum atomic E-state index is -1.13. The summed E-state index contributed by atoms with van der Waals surface area (Å²) in [5.41, 5.74) is 4.65. The van der Waals surface area contributed by atoms with Gasteiger partial charge < -0.3 is 20.0 Å². The summed E-state index contributed by atoms with van der Waals surface area (Å²) < 4.78 is 61.9. The number of fused-ring (bicyclic) bond motifs is 1. The highest BCUT2D eigenvalue weighted by Gasteiger charge is 2.20. The molecule has 29 heavy (non-hydrogen) atoms. The van der Waals surface area contributed by atoms with Gasteiger partial charge in [-0.05, 0) is 24.3 Å². The van der Waals surface area contributed by atoms with Crippen LogP contribution in [-0.2, 0) is 6.54 Å². The van der Waals surface area contributed by atoms with Crippen molar-refractivity contribution in [1.82, 2.24) is 14.5 Å². The molecule has 0 radical (unpaired) electrons. The van der Waals surface area contributed by atoms with Gasteiger partial charge in [-0.1, -0.05) is 0 Å². The number of nitrogens with zero attached hydrogens (tertiary/aromatic N) is 2. The van der Waals surface area contributed by atoms with Crippen molar-refractivity contribution < 1.29 is 22.3 Å². The van der Waals surface area contributed by atoms with Crippen molar-refractivity contribution in [1.29, 1.82) is 0 Å². The average Bonchev–Trinajstić information content (AvgIpc) is 3.08. The first-order chi connectivity index (χ1) is 13.8. The molecule has 0 aliphatic carbocycles. The van der Waals surface area contributed by atoms with Gasteiger partial charge in [0.25, 0.3) is 5.56 Å². The van der Waals surface area contributed by atoms with Gasteiger partial charge in [0.05, 0.1) is 12.2 Å². The Morgan fingerprint density at radius 1 is 1.07 bits per heavy atom. The number of rotatable bonds is 4. The summed E-state index contributed by atoms with van der Waals surface area (Å²) in [6.45, 7) is -0.107. The van der Waals surface area contributed by atoms with E-state index in [0.717, 1.165) is 12.1 Å². The molecule has 4 aromatic rings. The van der Waals surface area contributed by atoms with E-state index < -0.39 is 40.3 Å². The molecule has 6 nitrogen and oxygen atoms in total. The number of hydrogen-bond acceptors (Lipinski definition) is 4. The van der Waals surface area contributed by atoms with Gasteiger partial charge in [0.1, 0.15) is 22.7 Å². The highest BCUT2D eigenvalue weighted by Crippen LogP contribution is 2.34. The Morgan fingerprint density at radius 2 is 1.86 bits per heavy atom. The Labute approximate surface area is 160 Å². The van der Waals surface area contributed by atoms with E-state index in [-0.39, 0.29) is 29.1 Å². The van der Waals surface area contributed by atoms with Crippen LogP contribution in [0.4, 0.5) is 23.2 Å². The molecular weight excluding hydrogens is 392 g/mol. The molecule has 0 fully saturated rings. The lowest BCUT2D eigenvalue weighted by molar-refractivity contribution is 0.413. The SMILES string of the molecule is Nc1cccn(Cc2nc3c(Oc4ccc(F)cc4F)c(F)cc(F)c3[nH]2)c1=O. The second-order valence-corrected chi connectivity index (χ2v) is 6.15. The van der Waals surface area contributed by atoms with E-state index in [4.69, 9.17) is 10.5 Å². The maximum Gasteiger partial charge on any atom is 0.274 e. The lowest BCUT2D eigenvalue weighted by atomic mass is 10.2. The van der Waals surface area contributed by atoms with Crippen LogP contribution in [0.5, 0.6) is 11.5 Å². The fourth-order valence-electron chi connectivity index (χ4n) is 2.80. The lowest BCUT2D eigenvalue weighted by Crippen LogP contribution is -2.22. The predicted octanol–water partition coefficient (Wildman–Crippen LogP) is 3.70.